The number of benzene rings is 1. The number of hydrogen-bond donors (Lipinski definition) is 1. The zero-order chi connectivity index (χ0) is 10.9. The molecule has 0 spiro atoms. The van der Waals surface area contributed by atoms with Crippen LogP contribution >= 0.6 is 0 Å². The molecule has 1 atom stereocenters. The van der Waals surface area contributed by atoms with Crippen LogP contribution in [-0.4, -0.2) is 22.6 Å². The van der Waals surface area contributed by atoms with Gasteiger partial charge in [0.15, 0.2) is 0 Å². The fourth-order valence-corrected chi connectivity index (χ4v) is 2.37. The van der Waals surface area contributed by atoms with E-state index in [1.165, 1.54) is 0 Å². The van der Waals surface area contributed by atoms with Crippen LogP contribution in [0.1, 0.15) is 25.3 Å². The van der Waals surface area contributed by atoms with Gasteiger partial charge in [0.05, 0.1) is 5.54 Å². The third kappa shape index (κ3) is 1.58. The van der Waals surface area contributed by atoms with E-state index in [9.17, 15) is 4.79 Å². The fourth-order valence-electron chi connectivity index (χ4n) is 2.37. The molecule has 1 fully saturated rings. The van der Waals surface area contributed by atoms with Gasteiger partial charge in [0.2, 0.25) is 0 Å². The molecule has 1 amide bonds. The predicted octanol–water partition coefficient (Wildman–Crippen LogP) is 2.68. The Bertz CT molecular complexity index is 363. The van der Waals surface area contributed by atoms with Crippen LogP contribution in [0.5, 0.6) is 0 Å². The van der Waals surface area contributed by atoms with E-state index in [1.54, 1.807) is 4.90 Å². The molecule has 1 unspecified atom stereocenters. The van der Waals surface area contributed by atoms with Gasteiger partial charge in [0.1, 0.15) is 0 Å². The highest BCUT2D eigenvalue weighted by atomic mass is 16.4. The molecular formula is C12H15NO2. The number of rotatable bonds is 1. The van der Waals surface area contributed by atoms with Gasteiger partial charge < -0.3 is 5.11 Å². The van der Waals surface area contributed by atoms with E-state index >= 15 is 0 Å². The number of carbonyl (C=O) groups is 1. The lowest BCUT2D eigenvalue weighted by molar-refractivity contribution is 0.109. The Kier molecular flexibility index (Phi) is 2.39. The van der Waals surface area contributed by atoms with Crippen molar-refractivity contribution in [2.24, 2.45) is 0 Å². The average molecular weight is 205 g/mol. The van der Waals surface area contributed by atoms with Crippen molar-refractivity contribution in [3.05, 3.63) is 35.9 Å². The first-order valence-corrected chi connectivity index (χ1v) is 5.21. The summed E-state index contributed by atoms with van der Waals surface area (Å²) in [6, 6.07) is 9.87. The van der Waals surface area contributed by atoms with Gasteiger partial charge in [-0.1, -0.05) is 30.3 Å². The molecule has 0 bridgehead atoms. The van der Waals surface area contributed by atoms with Gasteiger partial charge in [-0.05, 0) is 25.3 Å². The summed E-state index contributed by atoms with van der Waals surface area (Å²) in [5, 5.41) is 9.14. The van der Waals surface area contributed by atoms with Crippen molar-refractivity contribution >= 4 is 6.09 Å². The first-order valence-electron chi connectivity index (χ1n) is 5.21. The second-order valence-corrected chi connectivity index (χ2v) is 4.18. The molecule has 1 aliphatic heterocycles. The molecule has 2 rings (SSSR count). The second kappa shape index (κ2) is 3.57. The summed E-state index contributed by atoms with van der Waals surface area (Å²) in [5.74, 6) is 0. The third-order valence-corrected chi connectivity index (χ3v) is 3.27. The number of nitrogens with zero attached hydrogens (tertiary/aromatic N) is 1. The van der Waals surface area contributed by atoms with Crippen molar-refractivity contribution in [3.63, 3.8) is 0 Å². The van der Waals surface area contributed by atoms with E-state index in [0.717, 1.165) is 18.4 Å². The van der Waals surface area contributed by atoms with Crippen LogP contribution in [0.3, 0.4) is 0 Å². The second-order valence-electron chi connectivity index (χ2n) is 4.18. The predicted molar refractivity (Wildman–Crippen MR) is 57.8 cm³/mol. The zero-order valence-corrected chi connectivity index (χ0v) is 8.81. The topological polar surface area (TPSA) is 40.5 Å². The Hall–Kier alpha value is -1.51. The molecule has 15 heavy (non-hydrogen) atoms. The van der Waals surface area contributed by atoms with Gasteiger partial charge in [-0.15, -0.1) is 0 Å². The molecule has 1 saturated heterocycles. The van der Waals surface area contributed by atoms with Gasteiger partial charge in [-0.3, -0.25) is 4.90 Å². The maximum absolute atomic E-state index is 11.1. The van der Waals surface area contributed by atoms with Gasteiger partial charge in [-0.25, -0.2) is 4.79 Å². The number of hydrogen-bond acceptors (Lipinski definition) is 1. The van der Waals surface area contributed by atoms with Gasteiger partial charge in [0.25, 0.3) is 0 Å². The Morgan fingerprint density at radius 3 is 2.67 bits per heavy atom. The Morgan fingerprint density at radius 1 is 1.40 bits per heavy atom. The highest BCUT2D eigenvalue weighted by Gasteiger charge is 2.40. The molecule has 3 heteroatoms. The molecule has 0 aliphatic carbocycles. The van der Waals surface area contributed by atoms with Crippen LogP contribution in [0.4, 0.5) is 4.79 Å². The lowest BCUT2D eigenvalue weighted by Crippen LogP contribution is -2.41. The summed E-state index contributed by atoms with van der Waals surface area (Å²) in [6.45, 7) is 2.64. The first-order chi connectivity index (χ1) is 7.14. The Labute approximate surface area is 89.3 Å². The maximum atomic E-state index is 11.1. The standard InChI is InChI=1S/C12H15NO2/c1-12(10-6-3-2-4-7-10)8-5-9-13(12)11(14)15/h2-4,6-7H,5,8-9H2,1H3,(H,14,15). The third-order valence-electron chi connectivity index (χ3n) is 3.27. The van der Waals surface area contributed by atoms with Crippen LogP contribution in [0.15, 0.2) is 30.3 Å². The summed E-state index contributed by atoms with van der Waals surface area (Å²) in [4.78, 5) is 12.7. The summed E-state index contributed by atoms with van der Waals surface area (Å²) in [5.41, 5.74) is 0.748. The molecule has 0 radical (unpaired) electrons. The number of amides is 1. The number of likely N-dealkylation sites (tertiary alicyclic amines) is 1. The van der Waals surface area contributed by atoms with E-state index in [-0.39, 0.29) is 5.54 Å². The van der Waals surface area contributed by atoms with E-state index in [2.05, 4.69) is 0 Å². The molecule has 80 valence electrons. The molecule has 1 N–H and O–H groups in total. The van der Waals surface area contributed by atoms with Crippen molar-refractivity contribution in [2.45, 2.75) is 25.3 Å². The summed E-state index contributed by atoms with van der Waals surface area (Å²) in [6.07, 6.45) is 1.03. The summed E-state index contributed by atoms with van der Waals surface area (Å²) < 4.78 is 0. The van der Waals surface area contributed by atoms with E-state index in [1.807, 2.05) is 37.3 Å². The van der Waals surface area contributed by atoms with Crippen LogP contribution < -0.4 is 0 Å². The van der Waals surface area contributed by atoms with Gasteiger partial charge in [-0.2, -0.15) is 0 Å². The average Bonchev–Trinajstić information content (AvgIpc) is 2.63. The van der Waals surface area contributed by atoms with Crippen molar-refractivity contribution in [1.82, 2.24) is 4.90 Å². The quantitative estimate of drug-likeness (QED) is 0.765. The maximum Gasteiger partial charge on any atom is 0.408 e. The summed E-state index contributed by atoms with van der Waals surface area (Å²) in [7, 11) is 0. The largest absolute Gasteiger partial charge is 0.465 e. The van der Waals surface area contributed by atoms with Gasteiger partial charge >= 0.3 is 6.09 Å². The lowest BCUT2D eigenvalue weighted by atomic mass is 9.89. The zero-order valence-electron chi connectivity index (χ0n) is 8.81. The SMILES string of the molecule is CC1(c2ccccc2)CCCN1C(=O)O. The molecule has 0 saturated carbocycles. The van der Waals surface area contributed by atoms with Crippen LogP contribution in [-0.2, 0) is 5.54 Å². The molecule has 1 aromatic carbocycles. The summed E-state index contributed by atoms with van der Waals surface area (Å²) >= 11 is 0. The minimum absolute atomic E-state index is 0.340. The smallest absolute Gasteiger partial charge is 0.408 e. The lowest BCUT2D eigenvalue weighted by Gasteiger charge is -2.33. The minimum Gasteiger partial charge on any atom is -0.465 e. The molecule has 1 aliphatic rings. The van der Waals surface area contributed by atoms with E-state index in [0.29, 0.717) is 6.54 Å². The minimum atomic E-state index is -0.821. The Balaban J connectivity index is 2.37. The normalized spacial score (nSPS) is 25.5. The highest BCUT2D eigenvalue weighted by molar-refractivity contribution is 5.67. The van der Waals surface area contributed by atoms with Crippen molar-refractivity contribution in [2.75, 3.05) is 6.54 Å². The first kappa shape index (κ1) is 10.0. The molecule has 1 aromatic rings. The van der Waals surface area contributed by atoms with Crippen LogP contribution in [0.25, 0.3) is 0 Å². The van der Waals surface area contributed by atoms with Crippen molar-refractivity contribution in [3.8, 4) is 0 Å². The van der Waals surface area contributed by atoms with Gasteiger partial charge in [0, 0.05) is 6.54 Å². The van der Waals surface area contributed by atoms with Crippen LogP contribution in [0, 0.1) is 0 Å². The fraction of sp³-hybridized carbons (Fsp3) is 0.417. The Morgan fingerprint density at radius 2 is 2.07 bits per heavy atom. The van der Waals surface area contributed by atoms with E-state index < -0.39 is 6.09 Å². The molecule has 3 nitrogen and oxygen atoms in total. The molecular weight excluding hydrogens is 190 g/mol. The van der Waals surface area contributed by atoms with E-state index in [4.69, 9.17) is 5.11 Å². The monoisotopic (exact) mass is 205 g/mol. The van der Waals surface area contributed by atoms with Crippen molar-refractivity contribution < 1.29 is 9.90 Å². The molecule has 0 aromatic heterocycles. The molecule has 1 heterocycles. The van der Waals surface area contributed by atoms with Crippen LogP contribution in [0.2, 0.25) is 0 Å². The van der Waals surface area contributed by atoms with Crippen molar-refractivity contribution in [1.29, 1.82) is 0 Å². The number of carboxylic acid groups (broad SMARTS) is 1. The highest BCUT2D eigenvalue weighted by Crippen LogP contribution is 2.38.